The zero-order valence-electron chi connectivity index (χ0n) is 23.7. The predicted octanol–water partition coefficient (Wildman–Crippen LogP) is 9.83. The van der Waals surface area contributed by atoms with Crippen LogP contribution in [-0.2, 0) is 0 Å². The minimum Gasteiger partial charge on any atom is -0.366 e. The molecule has 0 spiro atoms. The Bertz CT molecular complexity index is 2410. The maximum Gasteiger partial charge on any atom is 0.104 e. The zero-order chi connectivity index (χ0) is 29.2. The normalized spacial score (nSPS) is 16.2. The zero-order valence-corrected chi connectivity index (χ0v) is 24.5. The number of fused-ring (bicyclic) bond motifs is 7. The molecule has 6 aromatic carbocycles. The van der Waals surface area contributed by atoms with Gasteiger partial charge in [0.25, 0.3) is 0 Å². The molecule has 9 rings (SSSR count). The van der Waals surface area contributed by atoms with Crippen molar-refractivity contribution >= 4 is 59.0 Å². The Hall–Kier alpha value is -5.41. The van der Waals surface area contributed by atoms with Crippen LogP contribution in [0.5, 0.6) is 0 Å². The van der Waals surface area contributed by atoms with Crippen LogP contribution in [0.25, 0.3) is 47.7 Å². The van der Waals surface area contributed by atoms with Gasteiger partial charge in [-0.1, -0.05) is 78.9 Å². The van der Waals surface area contributed by atoms with Gasteiger partial charge in [-0.3, -0.25) is 5.32 Å². The number of thiophene rings is 1. The summed E-state index contributed by atoms with van der Waals surface area (Å²) >= 11 is 1.87. The van der Waals surface area contributed by atoms with Crippen molar-refractivity contribution in [2.75, 3.05) is 5.32 Å². The Kier molecular flexibility index (Phi) is 5.61. The minimum atomic E-state index is -0.0745. The van der Waals surface area contributed by atoms with E-state index in [0.717, 1.165) is 22.5 Å². The molecule has 2 unspecified atom stereocenters. The van der Waals surface area contributed by atoms with Crippen molar-refractivity contribution in [1.29, 1.82) is 5.26 Å². The predicted molar refractivity (Wildman–Crippen MR) is 183 cm³/mol. The van der Waals surface area contributed by atoms with Gasteiger partial charge in [-0.15, -0.1) is 11.3 Å². The molecule has 0 saturated carbocycles. The van der Waals surface area contributed by atoms with Gasteiger partial charge in [0, 0.05) is 42.3 Å². The van der Waals surface area contributed by atoms with E-state index in [1.807, 2.05) is 35.6 Å². The van der Waals surface area contributed by atoms with E-state index >= 15 is 0 Å². The van der Waals surface area contributed by atoms with Gasteiger partial charge in [0.2, 0.25) is 0 Å². The number of benzene rings is 6. The van der Waals surface area contributed by atoms with Gasteiger partial charge < -0.3 is 9.88 Å². The summed E-state index contributed by atoms with van der Waals surface area (Å²) in [6, 6.07) is 49.6. The first-order valence-corrected chi connectivity index (χ1v) is 15.6. The summed E-state index contributed by atoms with van der Waals surface area (Å²) in [6.07, 6.45) is -0.0745. The molecule has 1 aliphatic rings. The number of anilines is 1. The third-order valence-electron chi connectivity index (χ3n) is 8.93. The molecule has 1 aliphatic heterocycles. The lowest BCUT2D eigenvalue weighted by Gasteiger charge is -2.35. The van der Waals surface area contributed by atoms with Gasteiger partial charge in [0.1, 0.15) is 6.17 Å². The standard InChI is InChI=1S/C39H26N4S/c40-23-24-13-15-25(16-14-24)38-30-9-1-4-10-33(30)41-39(42-38)26-17-19-27(20-18-26)43-34-11-5-2-7-28(34)31-22-37-32(21-35(31)43)29-8-3-6-12-36(29)44-37/h1-22,38-39,41-42H. The molecule has 0 bridgehead atoms. The van der Waals surface area contributed by atoms with Crippen LogP contribution >= 0.6 is 11.3 Å². The molecule has 2 aromatic heterocycles. The molecule has 0 radical (unpaired) electrons. The van der Waals surface area contributed by atoms with Crippen molar-refractivity contribution in [2.24, 2.45) is 0 Å². The number of nitrogens with one attached hydrogen (secondary N) is 2. The van der Waals surface area contributed by atoms with Crippen LogP contribution in [0.1, 0.15) is 34.5 Å². The van der Waals surface area contributed by atoms with Crippen molar-refractivity contribution in [1.82, 2.24) is 9.88 Å². The molecule has 44 heavy (non-hydrogen) atoms. The summed E-state index contributed by atoms with van der Waals surface area (Å²) in [7, 11) is 0. The number of hydrogen-bond acceptors (Lipinski definition) is 4. The first kappa shape index (κ1) is 25.1. The third kappa shape index (κ3) is 3.86. The highest BCUT2D eigenvalue weighted by Gasteiger charge is 2.27. The van der Waals surface area contributed by atoms with Crippen molar-refractivity contribution in [3.8, 4) is 11.8 Å². The number of hydrogen-bond donors (Lipinski definition) is 2. The maximum atomic E-state index is 9.30. The van der Waals surface area contributed by atoms with E-state index in [1.165, 1.54) is 47.5 Å². The summed E-state index contributed by atoms with van der Waals surface area (Å²) in [5.74, 6) is 0. The molecule has 8 aromatic rings. The van der Waals surface area contributed by atoms with Gasteiger partial charge in [-0.25, -0.2) is 0 Å². The first-order chi connectivity index (χ1) is 21.7. The smallest absolute Gasteiger partial charge is 0.104 e. The fraction of sp³-hybridized carbons (Fsp3) is 0.0513. The molecule has 4 nitrogen and oxygen atoms in total. The Morgan fingerprint density at radius 2 is 1.34 bits per heavy atom. The van der Waals surface area contributed by atoms with Crippen LogP contribution in [0.15, 0.2) is 133 Å². The molecule has 2 N–H and O–H groups in total. The van der Waals surface area contributed by atoms with E-state index < -0.39 is 0 Å². The molecule has 0 aliphatic carbocycles. The molecule has 0 fully saturated rings. The van der Waals surface area contributed by atoms with Crippen molar-refractivity contribution in [3.05, 3.63) is 156 Å². The van der Waals surface area contributed by atoms with E-state index in [1.54, 1.807) is 0 Å². The van der Waals surface area contributed by atoms with Crippen LogP contribution in [0.2, 0.25) is 0 Å². The van der Waals surface area contributed by atoms with E-state index in [9.17, 15) is 5.26 Å². The highest BCUT2D eigenvalue weighted by molar-refractivity contribution is 7.25. The largest absolute Gasteiger partial charge is 0.366 e. The summed E-state index contributed by atoms with van der Waals surface area (Å²) in [5.41, 5.74) is 8.84. The SMILES string of the molecule is N#Cc1ccc(C2NC(c3ccc(-n4c5ccccc5c5cc6sc7ccccc7c6cc54)cc3)Nc3ccccc32)cc1. The fourth-order valence-corrected chi connectivity index (χ4v) is 7.95. The number of para-hydroxylation sites is 2. The summed E-state index contributed by atoms with van der Waals surface area (Å²) in [6.45, 7) is 0. The molecule has 0 saturated heterocycles. The second-order valence-corrected chi connectivity index (χ2v) is 12.5. The summed E-state index contributed by atoms with van der Waals surface area (Å²) in [4.78, 5) is 0. The van der Waals surface area contributed by atoms with Crippen molar-refractivity contribution in [3.63, 3.8) is 0 Å². The van der Waals surface area contributed by atoms with Crippen molar-refractivity contribution < 1.29 is 0 Å². The van der Waals surface area contributed by atoms with Gasteiger partial charge >= 0.3 is 0 Å². The second kappa shape index (κ2) is 9.82. The number of rotatable bonds is 3. The Balaban J connectivity index is 1.14. The Morgan fingerprint density at radius 3 is 2.18 bits per heavy atom. The summed E-state index contributed by atoms with van der Waals surface area (Å²) in [5, 5.41) is 22.0. The quantitative estimate of drug-likeness (QED) is 0.218. The lowest BCUT2D eigenvalue weighted by Crippen LogP contribution is -2.37. The van der Waals surface area contributed by atoms with E-state index in [-0.39, 0.29) is 12.2 Å². The number of nitriles is 1. The molecule has 0 amide bonds. The van der Waals surface area contributed by atoms with Gasteiger partial charge in [-0.05, 0) is 71.3 Å². The van der Waals surface area contributed by atoms with Crippen molar-refractivity contribution in [2.45, 2.75) is 12.2 Å². The fourth-order valence-electron chi connectivity index (χ4n) is 6.82. The number of aromatic nitrogens is 1. The highest BCUT2D eigenvalue weighted by Crippen LogP contribution is 2.41. The third-order valence-corrected chi connectivity index (χ3v) is 10.1. The topological polar surface area (TPSA) is 52.8 Å². The maximum absolute atomic E-state index is 9.30. The van der Waals surface area contributed by atoms with Crippen LogP contribution in [0.3, 0.4) is 0 Å². The van der Waals surface area contributed by atoms with Gasteiger partial charge in [-0.2, -0.15) is 5.26 Å². The van der Waals surface area contributed by atoms with Gasteiger partial charge in [0.15, 0.2) is 0 Å². The van der Waals surface area contributed by atoms with E-state index in [2.05, 4.69) is 130 Å². The van der Waals surface area contributed by atoms with E-state index in [0.29, 0.717) is 5.56 Å². The molecule has 5 heteroatoms. The average molecular weight is 583 g/mol. The lowest BCUT2D eigenvalue weighted by molar-refractivity contribution is 0.506. The van der Waals surface area contributed by atoms with Crippen LogP contribution in [-0.4, -0.2) is 4.57 Å². The molecular formula is C39H26N4S. The number of nitrogens with zero attached hydrogens (tertiary/aromatic N) is 2. The Morgan fingerprint density at radius 1 is 0.614 bits per heavy atom. The first-order valence-electron chi connectivity index (χ1n) is 14.8. The summed E-state index contributed by atoms with van der Waals surface area (Å²) < 4.78 is 5.05. The lowest BCUT2D eigenvalue weighted by atomic mass is 9.93. The Labute approximate surface area is 258 Å². The highest BCUT2D eigenvalue weighted by atomic mass is 32.1. The van der Waals surface area contributed by atoms with Crippen LogP contribution < -0.4 is 10.6 Å². The van der Waals surface area contributed by atoms with Gasteiger partial charge in [0.05, 0.1) is 28.7 Å². The average Bonchev–Trinajstić information content (AvgIpc) is 3.61. The monoisotopic (exact) mass is 582 g/mol. The van der Waals surface area contributed by atoms with Crippen LogP contribution in [0.4, 0.5) is 5.69 Å². The molecule has 208 valence electrons. The minimum absolute atomic E-state index is 0.00467. The van der Waals surface area contributed by atoms with Crippen LogP contribution in [0, 0.1) is 11.3 Å². The molecule has 2 atom stereocenters. The second-order valence-electron chi connectivity index (χ2n) is 11.4. The van der Waals surface area contributed by atoms with E-state index in [4.69, 9.17) is 0 Å². The molecular weight excluding hydrogens is 557 g/mol. The molecule has 3 heterocycles.